The first-order valence-electron chi connectivity index (χ1n) is 4.38. The summed E-state index contributed by atoms with van der Waals surface area (Å²) in [5.41, 5.74) is 1.35. The zero-order valence-corrected chi connectivity index (χ0v) is 8.06. The number of aromatic hydroxyl groups is 1. The summed E-state index contributed by atoms with van der Waals surface area (Å²) in [5.74, 6) is 0.329. The Morgan fingerprint density at radius 2 is 2.13 bits per heavy atom. The third-order valence-electron chi connectivity index (χ3n) is 2.13. The molecule has 0 saturated heterocycles. The molecule has 2 rings (SSSR count). The lowest BCUT2D eigenvalue weighted by Crippen LogP contribution is -1.83. The van der Waals surface area contributed by atoms with Gasteiger partial charge in [0.05, 0.1) is 11.6 Å². The molecule has 0 radical (unpaired) electrons. The quantitative estimate of drug-likeness (QED) is 0.766. The molecule has 0 aliphatic heterocycles. The number of nitriles is 1. The maximum absolute atomic E-state index is 9.65. The van der Waals surface area contributed by atoms with Crippen molar-refractivity contribution >= 4 is 0 Å². The summed E-state index contributed by atoms with van der Waals surface area (Å²) in [6.45, 7) is 1.61. The highest BCUT2D eigenvalue weighted by molar-refractivity contribution is 5.72. The van der Waals surface area contributed by atoms with E-state index >= 15 is 0 Å². The van der Waals surface area contributed by atoms with Gasteiger partial charge in [-0.05, 0) is 6.07 Å². The standard InChI is InChI=1S/C11H8N2O2/c1-7-11(14)10(13-15-7)9-5-3-2-4-8(9)6-12/h2-5,14H,1H3. The molecule has 0 atom stereocenters. The van der Waals surface area contributed by atoms with Gasteiger partial charge in [0.2, 0.25) is 0 Å². The molecule has 0 bridgehead atoms. The van der Waals surface area contributed by atoms with Gasteiger partial charge in [-0.1, -0.05) is 23.4 Å². The number of hydrogen-bond acceptors (Lipinski definition) is 4. The van der Waals surface area contributed by atoms with Crippen molar-refractivity contribution in [1.82, 2.24) is 5.16 Å². The molecule has 4 heteroatoms. The zero-order valence-electron chi connectivity index (χ0n) is 8.06. The van der Waals surface area contributed by atoms with Gasteiger partial charge in [-0.2, -0.15) is 5.26 Å². The first kappa shape index (κ1) is 9.28. The highest BCUT2D eigenvalue weighted by Crippen LogP contribution is 2.32. The van der Waals surface area contributed by atoms with Crippen LogP contribution in [0.3, 0.4) is 0 Å². The topological polar surface area (TPSA) is 70.0 Å². The van der Waals surface area contributed by atoms with E-state index in [9.17, 15) is 5.11 Å². The van der Waals surface area contributed by atoms with E-state index in [4.69, 9.17) is 9.78 Å². The van der Waals surface area contributed by atoms with Crippen molar-refractivity contribution in [3.63, 3.8) is 0 Å². The minimum Gasteiger partial charge on any atom is -0.503 e. The van der Waals surface area contributed by atoms with Crippen LogP contribution in [0.2, 0.25) is 0 Å². The van der Waals surface area contributed by atoms with Crippen LogP contribution in [-0.2, 0) is 0 Å². The summed E-state index contributed by atoms with van der Waals surface area (Å²) >= 11 is 0. The second-order valence-electron chi connectivity index (χ2n) is 3.09. The minimum atomic E-state index is -0.0160. The fourth-order valence-electron chi connectivity index (χ4n) is 1.33. The smallest absolute Gasteiger partial charge is 0.186 e. The monoisotopic (exact) mass is 200 g/mol. The third kappa shape index (κ3) is 1.44. The van der Waals surface area contributed by atoms with Crippen molar-refractivity contribution in [2.75, 3.05) is 0 Å². The molecule has 0 fully saturated rings. The van der Waals surface area contributed by atoms with Crippen LogP contribution in [0.25, 0.3) is 11.3 Å². The Bertz CT molecular complexity index is 538. The lowest BCUT2D eigenvalue weighted by molar-refractivity contribution is 0.384. The van der Waals surface area contributed by atoms with Gasteiger partial charge in [0.1, 0.15) is 0 Å². The Balaban J connectivity index is 2.65. The molecule has 2 aromatic rings. The molecule has 0 unspecified atom stereocenters. The first-order chi connectivity index (χ1) is 7.24. The Labute approximate surface area is 86.4 Å². The summed E-state index contributed by atoms with van der Waals surface area (Å²) in [5, 5.41) is 22.3. The molecule has 1 N–H and O–H groups in total. The molecule has 1 heterocycles. The molecule has 74 valence electrons. The Morgan fingerprint density at radius 3 is 2.73 bits per heavy atom. The second-order valence-corrected chi connectivity index (χ2v) is 3.09. The average Bonchev–Trinajstić information content (AvgIpc) is 2.60. The van der Waals surface area contributed by atoms with Crippen molar-refractivity contribution in [3.05, 3.63) is 35.6 Å². The van der Waals surface area contributed by atoms with Crippen molar-refractivity contribution in [2.24, 2.45) is 0 Å². The Kier molecular flexibility index (Phi) is 2.14. The van der Waals surface area contributed by atoms with Crippen molar-refractivity contribution in [1.29, 1.82) is 5.26 Å². The number of nitrogens with zero attached hydrogens (tertiary/aromatic N) is 2. The molecule has 1 aromatic heterocycles. The van der Waals surface area contributed by atoms with Crippen LogP contribution in [0.15, 0.2) is 28.8 Å². The van der Waals surface area contributed by atoms with Gasteiger partial charge in [-0.25, -0.2) is 0 Å². The number of benzene rings is 1. The van der Waals surface area contributed by atoms with E-state index in [-0.39, 0.29) is 5.75 Å². The molecule has 0 amide bonds. The number of rotatable bonds is 1. The molecule has 1 aromatic carbocycles. The molecular formula is C11H8N2O2. The van der Waals surface area contributed by atoms with Crippen LogP contribution in [0, 0.1) is 18.3 Å². The highest BCUT2D eigenvalue weighted by atomic mass is 16.5. The van der Waals surface area contributed by atoms with Crippen molar-refractivity contribution < 1.29 is 9.63 Å². The van der Waals surface area contributed by atoms with Crippen LogP contribution >= 0.6 is 0 Å². The molecule has 4 nitrogen and oxygen atoms in total. The second kappa shape index (κ2) is 3.46. The van der Waals surface area contributed by atoms with E-state index in [1.807, 2.05) is 6.07 Å². The lowest BCUT2D eigenvalue weighted by Gasteiger charge is -1.98. The number of hydrogen-bond donors (Lipinski definition) is 1. The molecule has 0 aliphatic carbocycles. The zero-order chi connectivity index (χ0) is 10.8. The predicted octanol–water partition coefficient (Wildman–Crippen LogP) is 2.23. The van der Waals surface area contributed by atoms with Crippen LogP contribution in [0.1, 0.15) is 11.3 Å². The van der Waals surface area contributed by atoms with E-state index < -0.39 is 0 Å². The summed E-state index contributed by atoms with van der Waals surface area (Å²) in [6.07, 6.45) is 0. The molecule has 15 heavy (non-hydrogen) atoms. The molecule has 0 aliphatic rings. The number of aryl methyl sites for hydroxylation is 1. The van der Waals surface area contributed by atoms with E-state index in [0.717, 1.165) is 0 Å². The van der Waals surface area contributed by atoms with Gasteiger partial charge in [0.15, 0.2) is 17.2 Å². The maximum atomic E-state index is 9.65. The van der Waals surface area contributed by atoms with E-state index in [1.54, 1.807) is 31.2 Å². The fraction of sp³-hybridized carbons (Fsp3) is 0.0909. The normalized spacial score (nSPS) is 9.87. The largest absolute Gasteiger partial charge is 0.503 e. The summed E-state index contributed by atoms with van der Waals surface area (Å²) in [4.78, 5) is 0. The summed E-state index contributed by atoms with van der Waals surface area (Å²) < 4.78 is 4.84. The maximum Gasteiger partial charge on any atom is 0.186 e. The van der Waals surface area contributed by atoms with Crippen molar-refractivity contribution in [3.8, 4) is 23.1 Å². The van der Waals surface area contributed by atoms with E-state index in [2.05, 4.69) is 5.16 Å². The minimum absolute atomic E-state index is 0.0160. The molecule has 0 saturated carbocycles. The van der Waals surface area contributed by atoms with Gasteiger partial charge >= 0.3 is 0 Å². The number of aromatic nitrogens is 1. The summed E-state index contributed by atoms with van der Waals surface area (Å²) in [6, 6.07) is 8.95. The van der Waals surface area contributed by atoms with Crippen LogP contribution in [0.5, 0.6) is 5.75 Å². The SMILES string of the molecule is Cc1onc(-c2ccccc2C#N)c1O. The first-order valence-corrected chi connectivity index (χ1v) is 4.38. The van der Waals surface area contributed by atoms with E-state index in [1.165, 1.54) is 0 Å². The van der Waals surface area contributed by atoms with Gasteiger partial charge in [-0.3, -0.25) is 0 Å². The van der Waals surface area contributed by atoms with Crippen molar-refractivity contribution in [2.45, 2.75) is 6.92 Å². The lowest BCUT2D eigenvalue weighted by atomic mass is 10.1. The van der Waals surface area contributed by atoms with Crippen LogP contribution in [0.4, 0.5) is 0 Å². The van der Waals surface area contributed by atoms with Gasteiger partial charge < -0.3 is 9.63 Å². The molecule has 0 spiro atoms. The predicted molar refractivity (Wildman–Crippen MR) is 53.1 cm³/mol. The van der Waals surface area contributed by atoms with E-state index in [0.29, 0.717) is 22.6 Å². The van der Waals surface area contributed by atoms with Gasteiger partial charge in [0.25, 0.3) is 0 Å². The van der Waals surface area contributed by atoms with Gasteiger partial charge in [-0.15, -0.1) is 0 Å². The Hall–Kier alpha value is -2.28. The Morgan fingerprint density at radius 1 is 1.40 bits per heavy atom. The highest BCUT2D eigenvalue weighted by Gasteiger charge is 2.15. The van der Waals surface area contributed by atoms with Crippen LogP contribution in [-0.4, -0.2) is 10.3 Å². The van der Waals surface area contributed by atoms with Crippen LogP contribution < -0.4 is 0 Å². The summed E-state index contributed by atoms with van der Waals surface area (Å²) in [7, 11) is 0. The third-order valence-corrected chi connectivity index (χ3v) is 2.13. The van der Waals surface area contributed by atoms with Gasteiger partial charge in [0, 0.05) is 12.5 Å². The fourth-order valence-corrected chi connectivity index (χ4v) is 1.33. The average molecular weight is 200 g/mol. The molecular weight excluding hydrogens is 192 g/mol.